The van der Waals surface area contributed by atoms with Crippen molar-refractivity contribution in [1.29, 1.82) is 0 Å². The summed E-state index contributed by atoms with van der Waals surface area (Å²) in [5.74, 6) is 7.04. The second-order valence-corrected chi connectivity index (χ2v) is 5.48. The maximum Gasteiger partial charge on any atom is 0.323 e. The number of aromatic nitrogens is 3. The molecular formula is C14H26N6O. The molecule has 1 aliphatic rings. The summed E-state index contributed by atoms with van der Waals surface area (Å²) in [6, 6.07) is 0.306. The van der Waals surface area contributed by atoms with E-state index in [-0.39, 0.29) is 0 Å². The zero-order chi connectivity index (χ0) is 14.9. The van der Waals surface area contributed by atoms with Gasteiger partial charge < -0.3 is 10.1 Å². The predicted molar refractivity (Wildman–Crippen MR) is 83.1 cm³/mol. The molecule has 1 fully saturated rings. The van der Waals surface area contributed by atoms with Gasteiger partial charge in [-0.3, -0.25) is 5.43 Å². The van der Waals surface area contributed by atoms with Gasteiger partial charge in [0.05, 0.1) is 6.61 Å². The molecule has 0 aromatic carbocycles. The number of nitrogens with one attached hydrogen (secondary N) is 2. The molecule has 2 rings (SSSR count). The maximum atomic E-state index is 5.44. The average molecular weight is 294 g/mol. The van der Waals surface area contributed by atoms with Crippen molar-refractivity contribution in [3.63, 3.8) is 0 Å². The Balaban J connectivity index is 1.85. The molecule has 1 aromatic heterocycles. The quantitative estimate of drug-likeness (QED) is 0.500. The van der Waals surface area contributed by atoms with Gasteiger partial charge in [0.15, 0.2) is 0 Å². The minimum atomic E-state index is 0.306. The molecule has 1 heterocycles. The second-order valence-electron chi connectivity index (χ2n) is 5.48. The van der Waals surface area contributed by atoms with E-state index in [9.17, 15) is 0 Å². The average Bonchev–Trinajstić information content (AvgIpc) is 2.53. The van der Waals surface area contributed by atoms with E-state index in [0.717, 1.165) is 25.3 Å². The number of ether oxygens (including phenoxy) is 1. The molecule has 1 aromatic rings. The van der Waals surface area contributed by atoms with Crippen LogP contribution in [-0.2, 0) is 0 Å². The Kier molecular flexibility index (Phi) is 6.46. The van der Waals surface area contributed by atoms with E-state index in [1.165, 1.54) is 32.1 Å². The zero-order valence-electron chi connectivity index (χ0n) is 12.8. The standard InChI is InChI=1S/C14H26N6O/c1-2-10-21-14-18-12(17-13(19-14)20-15)16-9-8-11-6-4-3-5-7-11/h11H,2-10,15H2,1H3,(H2,16,17,18,19,20). The highest BCUT2D eigenvalue weighted by Gasteiger charge is 2.13. The Labute approximate surface area is 126 Å². The number of anilines is 2. The lowest BCUT2D eigenvalue weighted by atomic mass is 9.87. The normalized spacial score (nSPS) is 15.7. The summed E-state index contributed by atoms with van der Waals surface area (Å²) in [4.78, 5) is 12.5. The minimum Gasteiger partial charge on any atom is -0.463 e. The number of hydrogen-bond acceptors (Lipinski definition) is 7. The molecule has 7 nitrogen and oxygen atoms in total. The van der Waals surface area contributed by atoms with Gasteiger partial charge in [0.25, 0.3) is 0 Å². The topological polar surface area (TPSA) is 98.0 Å². The molecule has 1 aliphatic carbocycles. The highest BCUT2D eigenvalue weighted by atomic mass is 16.5. The summed E-state index contributed by atoms with van der Waals surface area (Å²) in [5.41, 5.74) is 2.44. The van der Waals surface area contributed by atoms with Crippen LogP contribution in [0.5, 0.6) is 6.01 Å². The van der Waals surface area contributed by atoms with Crippen molar-refractivity contribution in [2.24, 2.45) is 11.8 Å². The third-order valence-electron chi connectivity index (χ3n) is 3.74. The molecule has 0 amide bonds. The first-order chi connectivity index (χ1) is 10.3. The van der Waals surface area contributed by atoms with Crippen molar-refractivity contribution in [2.75, 3.05) is 23.9 Å². The lowest BCUT2D eigenvalue weighted by Gasteiger charge is -2.21. The molecule has 0 spiro atoms. The third kappa shape index (κ3) is 5.34. The predicted octanol–water partition coefficient (Wildman–Crippen LogP) is 2.33. The summed E-state index contributed by atoms with van der Waals surface area (Å²) >= 11 is 0. The molecule has 0 radical (unpaired) electrons. The number of nitrogen functional groups attached to an aromatic ring is 1. The van der Waals surface area contributed by atoms with Crippen LogP contribution in [0.25, 0.3) is 0 Å². The Morgan fingerprint density at radius 2 is 1.90 bits per heavy atom. The fraction of sp³-hybridized carbons (Fsp3) is 0.786. The fourth-order valence-corrected chi connectivity index (χ4v) is 2.62. The second kappa shape index (κ2) is 8.61. The van der Waals surface area contributed by atoms with E-state index < -0.39 is 0 Å². The van der Waals surface area contributed by atoms with E-state index in [4.69, 9.17) is 10.6 Å². The summed E-state index contributed by atoms with van der Waals surface area (Å²) in [6.07, 6.45) is 8.88. The number of hydrazine groups is 1. The molecule has 0 unspecified atom stereocenters. The van der Waals surface area contributed by atoms with Crippen molar-refractivity contribution < 1.29 is 4.74 Å². The monoisotopic (exact) mass is 294 g/mol. The lowest BCUT2D eigenvalue weighted by molar-refractivity contribution is 0.292. The molecule has 7 heteroatoms. The van der Waals surface area contributed by atoms with Crippen LogP contribution in [0.2, 0.25) is 0 Å². The first-order valence-corrected chi connectivity index (χ1v) is 7.91. The van der Waals surface area contributed by atoms with Crippen LogP contribution in [-0.4, -0.2) is 28.1 Å². The van der Waals surface area contributed by atoms with Gasteiger partial charge in [-0.1, -0.05) is 39.0 Å². The van der Waals surface area contributed by atoms with Gasteiger partial charge in [0, 0.05) is 6.54 Å². The van der Waals surface area contributed by atoms with Crippen molar-refractivity contribution in [3.05, 3.63) is 0 Å². The molecule has 0 bridgehead atoms. The van der Waals surface area contributed by atoms with Gasteiger partial charge in [0.1, 0.15) is 0 Å². The zero-order valence-corrected chi connectivity index (χ0v) is 12.8. The number of nitrogens with two attached hydrogens (primary N) is 1. The van der Waals surface area contributed by atoms with Crippen molar-refractivity contribution in [1.82, 2.24) is 15.0 Å². The first-order valence-electron chi connectivity index (χ1n) is 7.91. The molecule has 118 valence electrons. The van der Waals surface area contributed by atoms with Crippen molar-refractivity contribution >= 4 is 11.9 Å². The van der Waals surface area contributed by atoms with E-state index >= 15 is 0 Å². The minimum absolute atomic E-state index is 0.306. The van der Waals surface area contributed by atoms with Crippen LogP contribution in [0.4, 0.5) is 11.9 Å². The van der Waals surface area contributed by atoms with Crippen LogP contribution in [0.3, 0.4) is 0 Å². The van der Waals surface area contributed by atoms with E-state index in [1.807, 2.05) is 6.92 Å². The Morgan fingerprint density at radius 1 is 1.14 bits per heavy atom. The van der Waals surface area contributed by atoms with Crippen molar-refractivity contribution in [2.45, 2.75) is 51.9 Å². The number of rotatable bonds is 8. The summed E-state index contributed by atoms with van der Waals surface area (Å²) in [5, 5.41) is 3.25. The van der Waals surface area contributed by atoms with E-state index in [0.29, 0.717) is 24.5 Å². The molecule has 0 saturated heterocycles. The Morgan fingerprint density at radius 3 is 2.62 bits per heavy atom. The third-order valence-corrected chi connectivity index (χ3v) is 3.74. The van der Waals surface area contributed by atoms with Gasteiger partial charge in [-0.25, -0.2) is 5.84 Å². The molecule has 4 N–H and O–H groups in total. The SMILES string of the molecule is CCCOc1nc(NN)nc(NCCC2CCCCC2)n1. The lowest BCUT2D eigenvalue weighted by Crippen LogP contribution is -2.16. The fourth-order valence-electron chi connectivity index (χ4n) is 2.62. The highest BCUT2D eigenvalue weighted by Crippen LogP contribution is 2.26. The summed E-state index contributed by atoms with van der Waals surface area (Å²) in [6.45, 7) is 3.48. The number of nitrogens with zero attached hydrogens (tertiary/aromatic N) is 3. The summed E-state index contributed by atoms with van der Waals surface area (Å²) in [7, 11) is 0. The van der Waals surface area contributed by atoms with Crippen LogP contribution < -0.4 is 21.3 Å². The molecule has 21 heavy (non-hydrogen) atoms. The van der Waals surface area contributed by atoms with E-state index in [2.05, 4.69) is 25.7 Å². The highest BCUT2D eigenvalue weighted by molar-refractivity contribution is 5.34. The first kappa shape index (κ1) is 15.8. The Hall–Kier alpha value is -1.63. The smallest absolute Gasteiger partial charge is 0.323 e. The molecule has 1 saturated carbocycles. The largest absolute Gasteiger partial charge is 0.463 e. The van der Waals surface area contributed by atoms with Gasteiger partial charge in [-0.15, -0.1) is 0 Å². The van der Waals surface area contributed by atoms with E-state index in [1.54, 1.807) is 0 Å². The van der Waals surface area contributed by atoms with Crippen LogP contribution >= 0.6 is 0 Å². The van der Waals surface area contributed by atoms with Gasteiger partial charge in [0.2, 0.25) is 11.9 Å². The van der Waals surface area contributed by atoms with Gasteiger partial charge in [-0.05, 0) is 18.8 Å². The number of hydrogen-bond donors (Lipinski definition) is 3. The van der Waals surface area contributed by atoms with Crippen molar-refractivity contribution in [3.8, 4) is 6.01 Å². The van der Waals surface area contributed by atoms with Crippen LogP contribution in [0, 0.1) is 5.92 Å². The molecule has 0 atom stereocenters. The Bertz CT molecular complexity index is 422. The summed E-state index contributed by atoms with van der Waals surface area (Å²) < 4.78 is 5.44. The maximum absolute atomic E-state index is 5.44. The van der Waals surface area contributed by atoms with Gasteiger partial charge in [-0.2, -0.15) is 15.0 Å². The van der Waals surface area contributed by atoms with Gasteiger partial charge >= 0.3 is 6.01 Å². The molecule has 0 aliphatic heterocycles. The molecular weight excluding hydrogens is 268 g/mol. The van der Waals surface area contributed by atoms with Crippen LogP contribution in [0.1, 0.15) is 51.9 Å². The van der Waals surface area contributed by atoms with Crippen LogP contribution in [0.15, 0.2) is 0 Å².